The van der Waals surface area contributed by atoms with Crippen molar-refractivity contribution >= 4 is 0 Å². The summed E-state index contributed by atoms with van der Waals surface area (Å²) in [5.41, 5.74) is -4.14. The summed E-state index contributed by atoms with van der Waals surface area (Å²) in [6.45, 7) is -0.542. The molecule has 0 bridgehead atoms. The molecule has 0 N–H and O–H groups in total. The fraction of sp³-hybridized carbons (Fsp3) is 0.400. The topological polar surface area (TPSA) is 0 Å². The molecule has 0 saturated heterocycles. The smallest absolute Gasteiger partial charge is 0.247 e. The van der Waals surface area contributed by atoms with E-state index in [0.29, 0.717) is 5.56 Å². The van der Waals surface area contributed by atoms with E-state index in [1.54, 1.807) is 6.92 Å². The van der Waals surface area contributed by atoms with E-state index in [9.17, 15) is 22.0 Å². The molecule has 5 heteroatoms. The Labute approximate surface area is 83.7 Å². The molecular formula is C10H8F5. The Hall–Kier alpha value is -1.13. The van der Waals surface area contributed by atoms with Gasteiger partial charge in [-0.25, -0.2) is 8.78 Å². The molecule has 0 amide bonds. The Morgan fingerprint density at radius 2 is 1.80 bits per heavy atom. The van der Waals surface area contributed by atoms with Gasteiger partial charge in [0, 0.05) is 5.56 Å². The van der Waals surface area contributed by atoms with Gasteiger partial charge in [0.25, 0.3) is 5.67 Å². The van der Waals surface area contributed by atoms with Gasteiger partial charge in [0.15, 0.2) is 0 Å². The Morgan fingerprint density at radius 3 is 2.13 bits per heavy atom. The van der Waals surface area contributed by atoms with E-state index < -0.39 is 24.1 Å². The molecule has 0 aliphatic heterocycles. The predicted octanol–water partition coefficient (Wildman–Crippen LogP) is 3.49. The lowest BCUT2D eigenvalue weighted by molar-refractivity contribution is -0.240. The van der Waals surface area contributed by atoms with E-state index in [-0.39, 0.29) is 0 Å². The van der Waals surface area contributed by atoms with Crippen molar-refractivity contribution in [2.24, 2.45) is 0 Å². The molecule has 0 nitrogen and oxygen atoms in total. The van der Waals surface area contributed by atoms with Gasteiger partial charge in [0.05, 0.1) is 0 Å². The fourth-order valence-electron chi connectivity index (χ4n) is 1.07. The first-order valence-electron chi connectivity index (χ1n) is 4.11. The van der Waals surface area contributed by atoms with Crippen LogP contribution in [0.25, 0.3) is 0 Å². The van der Waals surface area contributed by atoms with E-state index in [2.05, 4.69) is 6.07 Å². The summed E-state index contributed by atoms with van der Waals surface area (Å²) in [5.74, 6) is 0. The van der Waals surface area contributed by atoms with Gasteiger partial charge in [-0.05, 0) is 24.6 Å². The Kier molecular flexibility index (Phi) is 3.02. The molecule has 0 fully saturated rings. The highest BCUT2D eigenvalue weighted by atomic mass is 19.4. The van der Waals surface area contributed by atoms with Crippen LogP contribution in [0.4, 0.5) is 22.0 Å². The number of benzene rings is 1. The molecule has 1 radical (unpaired) electrons. The minimum atomic E-state index is -5.26. The van der Waals surface area contributed by atoms with Crippen LogP contribution in [-0.4, -0.2) is 12.9 Å². The number of hydrogen-bond acceptors (Lipinski definition) is 0. The Balaban J connectivity index is 3.18. The van der Waals surface area contributed by atoms with Gasteiger partial charge in [0.2, 0.25) is 0 Å². The molecule has 83 valence electrons. The first kappa shape index (κ1) is 11.9. The van der Waals surface area contributed by atoms with Crippen molar-refractivity contribution in [3.63, 3.8) is 0 Å². The molecule has 1 aromatic carbocycles. The lowest BCUT2D eigenvalue weighted by Crippen LogP contribution is -2.40. The zero-order valence-corrected chi connectivity index (χ0v) is 7.83. The van der Waals surface area contributed by atoms with Crippen molar-refractivity contribution in [1.29, 1.82) is 0 Å². The van der Waals surface area contributed by atoms with Gasteiger partial charge in [-0.3, -0.25) is 0 Å². The predicted molar refractivity (Wildman–Crippen MR) is 44.8 cm³/mol. The van der Waals surface area contributed by atoms with Crippen LogP contribution in [0.5, 0.6) is 0 Å². The van der Waals surface area contributed by atoms with Crippen LogP contribution in [0, 0.1) is 13.0 Å². The highest BCUT2D eigenvalue weighted by molar-refractivity contribution is 5.27. The molecule has 1 unspecified atom stereocenters. The molecule has 1 aromatic rings. The van der Waals surface area contributed by atoms with Crippen molar-refractivity contribution in [3.05, 3.63) is 35.4 Å². The second-order valence-corrected chi connectivity index (χ2v) is 3.19. The van der Waals surface area contributed by atoms with E-state index >= 15 is 0 Å². The molecule has 0 aliphatic rings. The third kappa shape index (κ3) is 2.11. The van der Waals surface area contributed by atoms with Crippen LogP contribution < -0.4 is 0 Å². The molecule has 0 saturated carbocycles. The van der Waals surface area contributed by atoms with E-state index in [1.165, 1.54) is 6.07 Å². The van der Waals surface area contributed by atoms with Crippen LogP contribution in [0.2, 0.25) is 0 Å². The minimum absolute atomic E-state index is 0.558. The monoisotopic (exact) mass is 223 g/mol. The van der Waals surface area contributed by atoms with Crippen molar-refractivity contribution < 1.29 is 22.0 Å². The van der Waals surface area contributed by atoms with Gasteiger partial charge < -0.3 is 0 Å². The summed E-state index contributed by atoms with van der Waals surface area (Å²) < 4.78 is 62.4. The average molecular weight is 223 g/mol. The molecular weight excluding hydrogens is 215 g/mol. The number of hydrogen-bond donors (Lipinski definition) is 0. The van der Waals surface area contributed by atoms with Gasteiger partial charge in [-0.2, -0.15) is 13.2 Å². The normalized spacial score (nSPS) is 16.1. The van der Waals surface area contributed by atoms with Gasteiger partial charge in [-0.1, -0.05) is 12.1 Å². The lowest BCUT2D eigenvalue weighted by atomic mass is 9.96. The maximum Gasteiger partial charge on any atom is 0.429 e. The molecule has 15 heavy (non-hydrogen) atoms. The van der Waals surface area contributed by atoms with E-state index in [4.69, 9.17) is 0 Å². The fourth-order valence-corrected chi connectivity index (χ4v) is 1.07. The zero-order chi connectivity index (χ0) is 11.7. The maximum absolute atomic E-state index is 13.4. The van der Waals surface area contributed by atoms with E-state index in [1.807, 2.05) is 0 Å². The first-order chi connectivity index (χ1) is 6.81. The molecule has 0 aliphatic carbocycles. The quantitative estimate of drug-likeness (QED) is 0.673. The first-order valence-corrected chi connectivity index (χ1v) is 4.11. The standard InChI is InChI=1S/C10H8F5/c1-7-2-4-8(5-3-7)9(12,6-11)10(13,14)15/h2,4-5H,6H2,1H3. The minimum Gasteiger partial charge on any atom is -0.247 e. The second-order valence-electron chi connectivity index (χ2n) is 3.19. The van der Waals surface area contributed by atoms with Crippen molar-refractivity contribution in [2.45, 2.75) is 18.8 Å². The number of alkyl halides is 5. The van der Waals surface area contributed by atoms with Crippen molar-refractivity contribution in [2.75, 3.05) is 6.67 Å². The third-order valence-corrected chi connectivity index (χ3v) is 2.06. The Bertz CT molecular complexity index is 327. The maximum atomic E-state index is 13.4. The summed E-state index contributed by atoms with van der Waals surface area (Å²) in [4.78, 5) is 0. The van der Waals surface area contributed by atoms with Crippen LogP contribution in [-0.2, 0) is 5.67 Å². The number of halogens is 5. The van der Waals surface area contributed by atoms with Crippen LogP contribution in [0.15, 0.2) is 18.2 Å². The highest BCUT2D eigenvalue weighted by Gasteiger charge is 2.57. The number of aryl methyl sites for hydroxylation is 1. The zero-order valence-electron chi connectivity index (χ0n) is 7.83. The summed E-state index contributed by atoms with van der Waals surface area (Å²) in [6.07, 6.45) is -5.26. The third-order valence-electron chi connectivity index (χ3n) is 2.06. The molecule has 0 aromatic heterocycles. The molecule has 0 spiro atoms. The van der Waals surface area contributed by atoms with Gasteiger partial charge >= 0.3 is 6.18 Å². The SMILES string of the molecule is Cc1[c]cc(C(F)(CF)C(F)(F)F)cc1. The van der Waals surface area contributed by atoms with Crippen molar-refractivity contribution in [1.82, 2.24) is 0 Å². The van der Waals surface area contributed by atoms with Crippen LogP contribution in [0.3, 0.4) is 0 Å². The summed E-state index contributed by atoms with van der Waals surface area (Å²) in [6, 6.07) is 5.40. The van der Waals surface area contributed by atoms with Gasteiger partial charge in [-0.15, -0.1) is 0 Å². The molecule has 1 rings (SSSR count). The van der Waals surface area contributed by atoms with Crippen molar-refractivity contribution in [3.8, 4) is 0 Å². The average Bonchev–Trinajstić information content (AvgIpc) is 2.16. The summed E-state index contributed by atoms with van der Waals surface area (Å²) in [7, 11) is 0. The second kappa shape index (κ2) is 3.79. The van der Waals surface area contributed by atoms with Gasteiger partial charge in [0.1, 0.15) is 6.67 Å². The highest BCUT2D eigenvalue weighted by Crippen LogP contribution is 2.42. The van der Waals surface area contributed by atoms with E-state index in [0.717, 1.165) is 12.1 Å². The van der Waals surface area contributed by atoms with Crippen LogP contribution >= 0.6 is 0 Å². The molecule has 1 atom stereocenters. The summed E-state index contributed by atoms with van der Waals surface area (Å²) >= 11 is 0. The largest absolute Gasteiger partial charge is 0.429 e. The Morgan fingerprint density at radius 1 is 1.20 bits per heavy atom. The number of rotatable bonds is 2. The molecule has 0 heterocycles. The van der Waals surface area contributed by atoms with Crippen LogP contribution in [0.1, 0.15) is 11.1 Å². The summed E-state index contributed by atoms with van der Waals surface area (Å²) in [5, 5.41) is 0. The lowest BCUT2D eigenvalue weighted by Gasteiger charge is -2.25.